The number of ether oxygens (including phenoxy) is 1. The number of hydrogen-bond acceptors (Lipinski definition) is 3. The van der Waals surface area contributed by atoms with Crippen molar-refractivity contribution < 1.29 is 4.74 Å². The van der Waals surface area contributed by atoms with Gasteiger partial charge in [-0.1, -0.05) is 12.1 Å². The molecule has 1 unspecified atom stereocenters. The first-order valence-corrected chi connectivity index (χ1v) is 6.39. The Morgan fingerprint density at radius 3 is 3.12 bits per heavy atom. The summed E-state index contributed by atoms with van der Waals surface area (Å²) in [6, 6.07) is 8.01. The molecule has 0 spiro atoms. The average molecular weight is 232 g/mol. The molecule has 1 aromatic carbocycles. The van der Waals surface area contributed by atoms with Crippen LogP contribution in [0, 0.1) is 0 Å². The van der Waals surface area contributed by atoms with Gasteiger partial charge in [0, 0.05) is 38.0 Å². The highest BCUT2D eigenvalue weighted by atomic mass is 16.5. The molecule has 0 radical (unpaired) electrons. The Kier molecular flexibility index (Phi) is 2.81. The number of rotatable bonds is 2. The number of piperazine rings is 1. The van der Waals surface area contributed by atoms with Crippen molar-refractivity contribution in [2.24, 2.45) is 0 Å². The monoisotopic (exact) mass is 232 g/mol. The Morgan fingerprint density at radius 1 is 1.41 bits per heavy atom. The maximum Gasteiger partial charge on any atom is 0.0713 e. The molecule has 2 aliphatic heterocycles. The van der Waals surface area contributed by atoms with Gasteiger partial charge in [-0.2, -0.15) is 0 Å². The molecule has 2 atom stereocenters. The van der Waals surface area contributed by atoms with Crippen LogP contribution in [0.15, 0.2) is 18.2 Å². The molecule has 0 aromatic heterocycles. The van der Waals surface area contributed by atoms with Crippen LogP contribution < -0.4 is 10.2 Å². The second-order valence-corrected chi connectivity index (χ2v) is 5.17. The molecule has 92 valence electrons. The van der Waals surface area contributed by atoms with Gasteiger partial charge in [0.25, 0.3) is 0 Å². The maximum absolute atomic E-state index is 5.22. The number of anilines is 1. The normalized spacial score (nSPS) is 26.8. The van der Waals surface area contributed by atoms with E-state index in [-0.39, 0.29) is 0 Å². The van der Waals surface area contributed by atoms with E-state index in [1.807, 2.05) is 0 Å². The Hall–Kier alpha value is -1.06. The lowest BCUT2D eigenvalue weighted by molar-refractivity contribution is 0.185. The van der Waals surface area contributed by atoms with E-state index < -0.39 is 0 Å². The Morgan fingerprint density at radius 2 is 2.29 bits per heavy atom. The molecule has 2 heterocycles. The zero-order valence-corrected chi connectivity index (χ0v) is 10.6. The Balaban J connectivity index is 1.95. The van der Waals surface area contributed by atoms with E-state index in [2.05, 4.69) is 35.3 Å². The molecule has 2 aliphatic rings. The van der Waals surface area contributed by atoms with Crippen LogP contribution in [0.3, 0.4) is 0 Å². The van der Waals surface area contributed by atoms with E-state index in [0.717, 1.165) is 13.1 Å². The van der Waals surface area contributed by atoms with E-state index in [4.69, 9.17) is 4.74 Å². The van der Waals surface area contributed by atoms with Crippen molar-refractivity contribution in [1.29, 1.82) is 0 Å². The zero-order chi connectivity index (χ0) is 11.8. The fourth-order valence-corrected chi connectivity index (χ4v) is 3.15. The minimum Gasteiger partial charge on any atom is -0.380 e. The first kappa shape index (κ1) is 11.1. The summed E-state index contributed by atoms with van der Waals surface area (Å²) < 4.78 is 5.22. The Labute approximate surface area is 103 Å². The van der Waals surface area contributed by atoms with Gasteiger partial charge in [0.05, 0.1) is 6.61 Å². The predicted octanol–water partition coefficient (Wildman–Crippen LogP) is 1.56. The summed E-state index contributed by atoms with van der Waals surface area (Å²) in [5.74, 6) is 0. The molecule has 0 aliphatic carbocycles. The quantitative estimate of drug-likeness (QED) is 0.837. The molecular formula is C14H20N2O. The van der Waals surface area contributed by atoms with Gasteiger partial charge >= 0.3 is 0 Å². The van der Waals surface area contributed by atoms with E-state index in [9.17, 15) is 0 Å². The smallest absolute Gasteiger partial charge is 0.0713 e. The highest BCUT2D eigenvalue weighted by molar-refractivity contribution is 5.62. The number of methoxy groups -OCH3 is 1. The van der Waals surface area contributed by atoms with Crippen molar-refractivity contribution in [2.75, 3.05) is 25.1 Å². The molecule has 0 saturated carbocycles. The summed E-state index contributed by atoms with van der Waals surface area (Å²) in [5, 5.41) is 3.51. The summed E-state index contributed by atoms with van der Waals surface area (Å²) >= 11 is 0. The summed E-state index contributed by atoms with van der Waals surface area (Å²) in [6.45, 7) is 5.21. The lowest BCUT2D eigenvalue weighted by Gasteiger charge is -2.38. The average Bonchev–Trinajstić information content (AvgIpc) is 2.68. The molecule has 3 rings (SSSR count). The molecule has 3 nitrogen and oxygen atoms in total. The molecule has 1 fully saturated rings. The second-order valence-electron chi connectivity index (χ2n) is 5.17. The van der Waals surface area contributed by atoms with Gasteiger partial charge in [-0.15, -0.1) is 0 Å². The SMILES string of the molecule is COCc1ccc2c(c1)N1C(C)CNC[C@H]1C2. The van der Waals surface area contributed by atoms with Gasteiger partial charge in [-0.25, -0.2) is 0 Å². The summed E-state index contributed by atoms with van der Waals surface area (Å²) in [4.78, 5) is 2.59. The van der Waals surface area contributed by atoms with Crippen LogP contribution in [-0.2, 0) is 17.8 Å². The van der Waals surface area contributed by atoms with Crippen LogP contribution in [-0.4, -0.2) is 32.3 Å². The van der Waals surface area contributed by atoms with Crippen LogP contribution in [0.25, 0.3) is 0 Å². The minimum atomic E-state index is 0.591. The molecule has 0 bridgehead atoms. The molecule has 1 N–H and O–H groups in total. The van der Waals surface area contributed by atoms with Gasteiger partial charge in [-0.05, 0) is 30.5 Å². The molecule has 1 aromatic rings. The standard InChI is InChI=1S/C14H20N2O/c1-10-7-15-8-13-6-12-4-3-11(9-17-2)5-14(12)16(10)13/h3-5,10,13,15H,6-9H2,1-2H3/t10?,13-/m1/s1. The largest absolute Gasteiger partial charge is 0.380 e. The number of hydrogen-bond donors (Lipinski definition) is 1. The van der Waals surface area contributed by atoms with Crippen molar-refractivity contribution in [3.05, 3.63) is 29.3 Å². The number of fused-ring (bicyclic) bond motifs is 3. The van der Waals surface area contributed by atoms with Crippen molar-refractivity contribution in [3.8, 4) is 0 Å². The van der Waals surface area contributed by atoms with Gasteiger partial charge in [0.2, 0.25) is 0 Å². The highest BCUT2D eigenvalue weighted by Gasteiger charge is 2.34. The van der Waals surface area contributed by atoms with E-state index in [1.54, 1.807) is 7.11 Å². The Bertz CT molecular complexity index is 419. The van der Waals surface area contributed by atoms with Crippen molar-refractivity contribution in [3.63, 3.8) is 0 Å². The fraction of sp³-hybridized carbons (Fsp3) is 0.571. The first-order chi connectivity index (χ1) is 8.29. The van der Waals surface area contributed by atoms with E-state index in [1.165, 1.54) is 23.2 Å². The summed E-state index contributed by atoms with van der Waals surface area (Å²) in [6.07, 6.45) is 1.18. The lowest BCUT2D eigenvalue weighted by atomic mass is 10.1. The molecule has 3 heteroatoms. The molecular weight excluding hydrogens is 212 g/mol. The van der Waals surface area contributed by atoms with E-state index in [0.29, 0.717) is 18.7 Å². The van der Waals surface area contributed by atoms with Crippen molar-refractivity contribution >= 4 is 5.69 Å². The third-order valence-corrected chi connectivity index (χ3v) is 3.88. The fourth-order valence-electron chi connectivity index (χ4n) is 3.15. The van der Waals surface area contributed by atoms with Gasteiger partial charge < -0.3 is 15.0 Å². The predicted molar refractivity (Wildman–Crippen MR) is 69.5 cm³/mol. The first-order valence-electron chi connectivity index (χ1n) is 6.39. The van der Waals surface area contributed by atoms with Crippen LogP contribution in [0.5, 0.6) is 0 Å². The maximum atomic E-state index is 5.22. The third-order valence-electron chi connectivity index (χ3n) is 3.88. The minimum absolute atomic E-state index is 0.591. The van der Waals surface area contributed by atoms with Crippen molar-refractivity contribution in [1.82, 2.24) is 5.32 Å². The van der Waals surface area contributed by atoms with Crippen molar-refractivity contribution in [2.45, 2.75) is 32.0 Å². The van der Waals surface area contributed by atoms with Crippen LogP contribution in [0.4, 0.5) is 5.69 Å². The van der Waals surface area contributed by atoms with Gasteiger partial charge in [0.1, 0.15) is 0 Å². The number of nitrogens with zero attached hydrogens (tertiary/aromatic N) is 1. The lowest BCUT2D eigenvalue weighted by Crippen LogP contribution is -2.54. The van der Waals surface area contributed by atoms with E-state index >= 15 is 0 Å². The third kappa shape index (κ3) is 1.83. The molecule has 1 saturated heterocycles. The van der Waals surface area contributed by atoms with Crippen LogP contribution in [0.1, 0.15) is 18.1 Å². The highest BCUT2D eigenvalue weighted by Crippen LogP contribution is 2.35. The topological polar surface area (TPSA) is 24.5 Å². The second kappa shape index (κ2) is 4.31. The zero-order valence-electron chi connectivity index (χ0n) is 10.6. The number of benzene rings is 1. The van der Waals surface area contributed by atoms with Crippen LogP contribution >= 0.6 is 0 Å². The summed E-state index contributed by atoms with van der Waals surface area (Å²) in [5.41, 5.74) is 4.20. The molecule has 0 amide bonds. The van der Waals surface area contributed by atoms with Gasteiger partial charge in [-0.3, -0.25) is 0 Å². The summed E-state index contributed by atoms with van der Waals surface area (Å²) in [7, 11) is 1.75. The van der Waals surface area contributed by atoms with Gasteiger partial charge in [0.15, 0.2) is 0 Å². The molecule has 17 heavy (non-hydrogen) atoms. The van der Waals surface area contributed by atoms with Crippen LogP contribution in [0.2, 0.25) is 0 Å². The number of nitrogens with one attached hydrogen (secondary N) is 1.